The molecule has 0 saturated heterocycles. The number of amides is 2. The Labute approximate surface area is 250 Å². The van der Waals surface area contributed by atoms with E-state index in [0.29, 0.717) is 28.4 Å². The van der Waals surface area contributed by atoms with Crippen LogP contribution in [-0.4, -0.2) is 34.7 Å². The Morgan fingerprint density at radius 1 is 0.854 bits per heavy atom. The van der Waals surface area contributed by atoms with E-state index >= 15 is 0 Å². The Bertz CT molecular complexity index is 1510. The Morgan fingerprint density at radius 2 is 1.51 bits per heavy atom. The number of ether oxygens (including phenoxy) is 1. The first-order chi connectivity index (χ1) is 19.9. The minimum absolute atomic E-state index is 0.0861. The number of rotatable bonds is 12. The summed E-state index contributed by atoms with van der Waals surface area (Å²) in [6, 6.07) is 31.4. The van der Waals surface area contributed by atoms with Crippen LogP contribution in [0.15, 0.2) is 119 Å². The molecule has 4 aromatic rings. The predicted molar refractivity (Wildman–Crippen MR) is 165 cm³/mol. The van der Waals surface area contributed by atoms with Crippen molar-refractivity contribution in [2.24, 2.45) is 0 Å². The van der Waals surface area contributed by atoms with Crippen LogP contribution < -0.4 is 15.4 Å². The van der Waals surface area contributed by atoms with Crippen LogP contribution in [0.4, 0.5) is 0 Å². The van der Waals surface area contributed by atoms with E-state index in [1.54, 1.807) is 42.5 Å². The number of nitrogens with one attached hydrogen (secondary N) is 2. The molecule has 4 aromatic carbocycles. The molecule has 2 amide bonds. The summed E-state index contributed by atoms with van der Waals surface area (Å²) in [6.07, 6.45) is 1.50. The van der Waals surface area contributed by atoms with Gasteiger partial charge in [-0.2, -0.15) is 11.8 Å². The van der Waals surface area contributed by atoms with Gasteiger partial charge < -0.3 is 20.5 Å². The number of carbonyl (C=O) groups excluding carboxylic acids is 2. The second-order valence-electron chi connectivity index (χ2n) is 8.87. The largest absolute Gasteiger partial charge is 0.480 e. The zero-order valence-corrected chi connectivity index (χ0v) is 24.2. The van der Waals surface area contributed by atoms with Crippen LogP contribution in [0.2, 0.25) is 0 Å². The summed E-state index contributed by atoms with van der Waals surface area (Å²) < 4.78 is 6.56. The lowest BCUT2D eigenvalue weighted by Crippen LogP contribution is -2.45. The highest BCUT2D eigenvalue weighted by Gasteiger charge is 2.23. The van der Waals surface area contributed by atoms with E-state index in [2.05, 4.69) is 26.6 Å². The summed E-state index contributed by atoms with van der Waals surface area (Å²) in [5.41, 5.74) is 1.90. The van der Waals surface area contributed by atoms with Gasteiger partial charge in [-0.25, -0.2) is 4.79 Å². The smallest absolute Gasteiger partial charge is 0.327 e. The van der Waals surface area contributed by atoms with Crippen molar-refractivity contribution in [2.45, 2.75) is 11.8 Å². The molecule has 4 rings (SSSR count). The van der Waals surface area contributed by atoms with E-state index in [1.807, 2.05) is 66.7 Å². The van der Waals surface area contributed by atoms with Gasteiger partial charge in [0.1, 0.15) is 23.2 Å². The lowest BCUT2D eigenvalue weighted by atomic mass is 10.1. The van der Waals surface area contributed by atoms with E-state index in [9.17, 15) is 19.5 Å². The molecule has 0 bridgehead atoms. The number of carbonyl (C=O) groups is 3. The number of carboxylic acid groups (broad SMARTS) is 1. The number of carboxylic acids is 1. The molecule has 0 heterocycles. The van der Waals surface area contributed by atoms with Crippen molar-refractivity contribution in [1.82, 2.24) is 10.6 Å². The minimum Gasteiger partial charge on any atom is -0.480 e. The molecule has 0 unspecified atom stereocenters. The SMILES string of the molecule is O=C(N[C@@H](CSCc1ccccc1)C(=O)O)/C(=C\c1cccc(Br)c1)NC(=O)c1ccc(Oc2ccccc2)cc1. The first-order valence-corrected chi connectivity index (χ1v) is 14.6. The number of aliphatic carboxylic acids is 1. The fraction of sp³-hybridized carbons (Fsp3) is 0.0938. The number of halogens is 1. The zero-order valence-electron chi connectivity index (χ0n) is 21.8. The summed E-state index contributed by atoms with van der Waals surface area (Å²) in [5.74, 6) is -0.448. The number of para-hydroxylation sites is 1. The molecule has 0 radical (unpaired) electrons. The standard InChI is InChI=1S/C32H27BrN2O5S/c33-25-11-7-10-23(18-25)19-28(31(37)35-29(32(38)39)21-41-20-22-8-3-1-4-9-22)34-30(36)24-14-16-27(17-15-24)40-26-12-5-2-6-13-26/h1-19,29H,20-21H2,(H,34,36)(H,35,37)(H,38,39)/b28-19+/t29-/m0/s1. The average molecular weight is 632 g/mol. The van der Waals surface area contributed by atoms with Crippen molar-refractivity contribution < 1.29 is 24.2 Å². The third-order valence-corrected chi connectivity index (χ3v) is 7.35. The van der Waals surface area contributed by atoms with Crippen LogP contribution in [0, 0.1) is 0 Å². The molecule has 0 fully saturated rings. The topological polar surface area (TPSA) is 105 Å². The van der Waals surface area contributed by atoms with Crippen molar-refractivity contribution in [3.8, 4) is 11.5 Å². The second kappa shape index (κ2) is 14.9. The van der Waals surface area contributed by atoms with Crippen LogP contribution in [0.5, 0.6) is 11.5 Å². The number of hydrogen-bond acceptors (Lipinski definition) is 5. The van der Waals surface area contributed by atoms with Crippen LogP contribution >= 0.6 is 27.7 Å². The molecule has 0 spiro atoms. The van der Waals surface area contributed by atoms with Gasteiger partial charge in [-0.15, -0.1) is 0 Å². The van der Waals surface area contributed by atoms with Crippen molar-refractivity contribution in [2.75, 3.05) is 5.75 Å². The van der Waals surface area contributed by atoms with Crippen LogP contribution in [0.1, 0.15) is 21.5 Å². The fourth-order valence-electron chi connectivity index (χ4n) is 3.69. The lowest BCUT2D eigenvalue weighted by molar-refractivity contribution is -0.140. The lowest BCUT2D eigenvalue weighted by Gasteiger charge is -2.17. The Hall–Kier alpha value is -4.34. The highest BCUT2D eigenvalue weighted by atomic mass is 79.9. The third kappa shape index (κ3) is 9.37. The van der Waals surface area contributed by atoms with Gasteiger partial charge in [-0.1, -0.05) is 76.6 Å². The van der Waals surface area contributed by atoms with Crippen molar-refractivity contribution in [3.63, 3.8) is 0 Å². The third-order valence-electron chi connectivity index (χ3n) is 5.75. The Balaban J connectivity index is 1.47. The average Bonchev–Trinajstić information content (AvgIpc) is 2.97. The van der Waals surface area contributed by atoms with Gasteiger partial charge in [-0.3, -0.25) is 9.59 Å². The molecule has 208 valence electrons. The van der Waals surface area contributed by atoms with Gasteiger partial charge >= 0.3 is 5.97 Å². The summed E-state index contributed by atoms with van der Waals surface area (Å²) >= 11 is 4.80. The fourth-order valence-corrected chi connectivity index (χ4v) is 5.12. The Kier molecular flexibility index (Phi) is 10.8. The molecule has 0 aliphatic carbocycles. The van der Waals surface area contributed by atoms with Gasteiger partial charge in [0.2, 0.25) is 0 Å². The molecule has 41 heavy (non-hydrogen) atoms. The maximum atomic E-state index is 13.3. The first-order valence-electron chi connectivity index (χ1n) is 12.6. The minimum atomic E-state index is -1.17. The van der Waals surface area contributed by atoms with Gasteiger partial charge in [0.05, 0.1) is 0 Å². The molecule has 7 nitrogen and oxygen atoms in total. The van der Waals surface area contributed by atoms with E-state index in [0.717, 1.165) is 10.0 Å². The van der Waals surface area contributed by atoms with E-state index < -0.39 is 23.8 Å². The Morgan fingerprint density at radius 3 is 2.17 bits per heavy atom. The van der Waals surface area contributed by atoms with Gasteiger partial charge in [0.25, 0.3) is 11.8 Å². The van der Waals surface area contributed by atoms with Crippen LogP contribution in [-0.2, 0) is 15.3 Å². The highest BCUT2D eigenvalue weighted by molar-refractivity contribution is 9.10. The summed E-state index contributed by atoms with van der Waals surface area (Å²) in [5, 5.41) is 15.0. The monoisotopic (exact) mass is 630 g/mol. The predicted octanol–water partition coefficient (Wildman–Crippen LogP) is 6.52. The van der Waals surface area contributed by atoms with Crippen molar-refractivity contribution in [1.29, 1.82) is 0 Å². The first kappa shape index (κ1) is 29.6. The molecule has 0 aliphatic heterocycles. The van der Waals surface area contributed by atoms with Gasteiger partial charge in [-0.05, 0) is 65.7 Å². The molecule has 0 aliphatic rings. The van der Waals surface area contributed by atoms with Gasteiger partial charge in [0.15, 0.2) is 0 Å². The maximum Gasteiger partial charge on any atom is 0.327 e. The molecular weight excluding hydrogens is 604 g/mol. The van der Waals surface area contributed by atoms with Gasteiger partial charge in [0, 0.05) is 21.5 Å². The summed E-state index contributed by atoms with van der Waals surface area (Å²) in [6.45, 7) is 0. The summed E-state index contributed by atoms with van der Waals surface area (Å²) in [4.78, 5) is 38.4. The number of hydrogen-bond donors (Lipinski definition) is 3. The number of benzene rings is 4. The van der Waals surface area contributed by atoms with E-state index in [4.69, 9.17) is 4.74 Å². The molecule has 9 heteroatoms. The number of thioether (sulfide) groups is 1. The normalized spacial score (nSPS) is 11.8. The highest BCUT2D eigenvalue weighted by Crippen LogP contribution is 2.21. The van der Waals surface area contributed by atoms with Crippen molar-refractivity contribution in [3.05, 3.63) is 136 Å². The second-order valence-corrected chi connectivity index (χ2v) is 10.8. The van der Waals surface area contributed by atoms with Crippen molar-refractivity contribution >= 4 is 51.6 Å². The zero-order chi connectivity index (χ0) is 29.0. The van der Waals surface area contributed by atoms with E-state index in [1.165, 1.54) is 17.8 Å². The maximum absolute atomic E-state index is 13.3. The molecule has 0 aromatic heterocycles. The molecule has 0 saturated carbocycles. The van der Waals surface area contributed by atoms with Crippen LogP contribution in [0.3, 0.4) is 0 Å². The van der Waals surface area contributed by atoms with Crippen LogP contribution in [0.25, 0.3) is 6.08 Å². The molecule has 1 atom stereocenters. The molecular formula is C32H27BrN2O5S. The molecule has 3 N–H and O–H groups in total. The van der Waals surface area contributed by atoms with E-state index in [-0.39, 0.29) is 11.4 Å². The quantitative estimate of drug-likeness (QED) is 0.154. The summed E-state index contributed by atoms with van der Waals surface area (Å²) in [7, 11) is 0.